The van der Waals surface area contributed by atoms with Crippen molar-refractivity contribution >= 4 is 28.7 Å². The molecule has 28 heavy (non-hydrogen) atoms. The Labute approximate surface area is 164 Å². The molecule has 1 saturated heterocycles. The molecule has 9 heteroatoms. The lowest BCUT2D eigenvalue weighted by molar-refractivity contribution is -0.119. The topological polar surface area (TPSA) is 130 Å². The Morgan fingerprint density at radius 3 is 2.39 bits per heavy atom. The van der Waals surface area contributed by atoms with Crippen molar-refractivity contribution in [2.75, 3.05) is 31.5 Å². The monoisotopic (exact) mass is 385 g/mol. The van der Waals surface area contributed by atoms with Gasteiger partial charge >= 0.3 is 6.03 Å². The molecule has 3 amide bonds. The smallest absolute Gasteiger partial charge is 0.314 e. The lowest BCUT2D eigenvalue weighted by Crippen LogP contribution is -2.50. The largest absolute Gasteiger partial charge is 0.368 e. The van der Waals surface area contributed by atoms with E-state index in [9.17, 15) is 9.59 Å². The molecular weight excluding hydrogens is 358 g/mol. The van der Waals surface area contributed by atoms with Crippen LogP contribution in [0.3, 0.4) is 0 Å². The van der Waals surface area contributed by atoms with Gasteiger partial charge in [-0.2, -0.15) is 0 Å². The average Bonchev–Trinajstić information content (AvgIpc) is 2.65. The highest BCUT2D eigenvalue weighted by atomic mass is 16.2. The summed E-state index contributed by atoms with van der Waals surface area (Å²) >= 11 is 0. The van der Waals surface area contributed by atoms with E-state index in [1.165, 1.54) is 0 Å². The molecule has 1 atom stereocenters. The number of urea groups is 1. The van der Waals surface area contributed by atoms with E-state index < -0.39 is 11.9 Å². The van der Waals surface area contributed by atoms with Gasteiger partial charge < -0.3 is 21.7 Å². The number of carbonyl (C=O) groups is 2. The van der Waals surface area contributed by atoms with E-state index in [1.807, 2.05) is 38.1 Å². The fourth-order valence-corrected chi connectivity index (χ4v) is 3.35. The highest BCUT2D eigenvalue weighted by Gasteiger charge is 2.23. The quantitative estimate of drug-likeness (QED) is 0.672. The van der Waals surface area contributed by atoms with Crippen LogP contribution in [0.5, 0.6) is 0 Å². The standard InChI is InChI=1S/C19H27N7O2/c1-12(2)16(17(20)27)24-18-13-5-3-4-6-14(13)22-15(23-18)11-25-7-9-26(10-8-25)19(21)28/h3-6,12,16H,7-11H2,1-2H3,(H2,20,27)(H2,21,28)(H,22,23,24). The molecule has 1 aliphatic heterocycles. The van der Waals surface area contributed by atoms with Crippen LogP contribution >= 0.6 is 0 Å². The summed E-state index contributed by atoms with van der Waals surface area (Å²) in [6.07, 6.45) is 0. The minimum absolute atomic E-state index is 0.0246. The summed E-state index contributed by atoms with van der Waals surface area (Å²) in [5, 5.41) is 4.05. The second kappa shape index (κ2) is 8.39. The molecule has 0 spiro atoms. The second-order valence-electron chi connectivity index (χ2n) is 7.38. The molecule has 1 fully saturated rings. The van der Waals surface area contributed by atoms with Gasteiger partial charge in [-0.1, -0.05) is 26.0 Å². The van der Waals surface area contributed by atoms with Crippen LogP contribution < -0.4 is 16.8 Å². The molecule has 0 saturated carbocycles. The fourth-order valence-electron chi connectivity index (χ4n) is 3.35. The van der Waals surface area contributed by atoms with Crippen molar-refractivity contribution in [2.24, 2.45) is 17.4 Å². The first-order valence-corrected chi connectivity index (χ1v) is 9.43. The number of hydrogen-bond donors (Lipinski definition) is 3. The molecule has 1 aromatic carbocycles. The summed E-state index contributed by atoms with van der Waals surface area (Å²) in [6, 6.07) is 6.76. The van der Waals surface area contributed by atoms with Gasteiger partial charge in [0.2, 0.25) is 5.91 Å². The SMILES string of the molecule is CC(C)C(Nc1nc(CN2CCN(C(N)=O)CC2)nc2ccccc12)C(N)=O. The first kappa shape index (κ1) is 19.8. The predicted molar refractivity (Wildman–Crippen MR) is 107 cm³/mol. The number of primary amides is 2. The molecule has 0 bridgehead atoms. The van der Waals surface area contributed by atoms with Crippen LogP contribution in [0.4, 0.5) is 10.6 Å². The van der Waals surface area contributed by atoms with Crippen LogP contribution in [0.2, 0.25) is 0 Å². The Kier molecular flexibility index (Phi) is 5.93. The molecule has 0 radical (unpaired) electrons. The van der Waals surface area contributed by atoms with Crippen molar-refractivity contribution in [1.29, 1.82) is 0 Å². The first-order chi connectivity index (χ1) is 13.3. The van der Waals surface area contributed by atoms with Crippen LogP contribution in [0.15, 0.2) is 24.3 Å². The summed E-state index contributed by atoms with van der Waals surface area (Å²) < 4.78 is 0. The number of aromatic nitrogens is 2. The minimum Gasteiger partial charge on any atom is -0.368 e. The number of hydrogen-bond acceptors (Lipinski definition) is 6. The number of nitrogens with zero attached hydrogens (tertiary/aromatic N) is 4. The predicted octanol–water partition coefficient (Wildman–Crippen LogP) is 0.748. The fraction of sp³-hybridized carbons (Fsp3) is 0.474. The highest BCUT2D eigenvalue weighted by molar-refractivity contribution is 5.91. The van der Waals surface area contributed by atoms with Crippen molar-refractivity contribution < 1.29 is 9.59 Å². The Balaban J connectivity index is 1.84. The van der Waals surface area contributed by atoms with Gasteiger partial charge in [0.1, 0.15) is 17.7 Å². The van der Waals surface area contributed by atoms with E-state index in [1.54, 1.807) is 4.90 Å². The molecule has 1 aliphatic rings. The maximum atomic E-state index is 11.8. The lowest BCUT2D eigenvalue weighted by Gasteiger charge is -2.33. The molecule has 2 heterocycles. The van der Waals surface area contributed by atoms with Gasteiger partial charge in [0.05, 0.1) is 12.1 Å². The number of amides is 3. The van der Waals surface area contributed by atoms with Crippen molar-refractivity contribution in [3.05, 3.63) is 30.1 Å². The maximum absolute atomic E-state index is 11.8. The normalized spacial score (nSPS) is 16.3. The Morgan fingerprint density at radius 1 is 1.11 bits per heavy atom. The highest BCUT2D eigenvalue weighted by Crippen LogP contribution is 2.23. The van der Waals surface area contributed by atoms with Crippen LogP contribution in [-0.4, -0.2) is 63.9 Å². The molecule has 0 aliphatic carbocycles. The summed E-state index contributed by atoms with van der Waals surface area (Å²) in [7, 11) is 0. The van der Waals surface area contributed by atoms with Gasteiger partial charge in [0.15, 0.2) is 0 Å². The third-order valence-corrected chi connectivity index (χ3v) is 4.96. The molecule has 2 aromatic rings. The van der Waals surface area contributed by atoms with Gasteiger partial charge in [-0.15, -0.1) is 0 Å². The maximum Gasteiger partial charge on any atom is 0.314 e. The molecule has 3 rings (SSSR count). The lowest BCUT2D eigenvalue weighted by atomic mass is 10.0. The number of piperazine rings is 1. The van der Waals surface area contributed by atoms with Crippen LogP contribution in [0, 0.1) is 5.92 Å². The number of para-hydroxylation sites is 1. The number of benzene rings is 1. The molecular formula is C19H27N7O2. The Morgan fingerprint density at radius 2 is 1.79 bits per heavy atom. The number of carbonyl (C=O) groups excluding carboxylic acids is 2. The van der Waals surface area contributed by atoms with E-state index in [0.29, 0.717) is 44.4 Å². The first-order valence-electron chi connectivity index (χ1n) is 9.43. The minimum atomic E-state index is -0.523. The average molecular weight is 385 g/mol. The summed E-state index contributed by atoms with van der Waals surface area (Å²) in [5.41, 5.74) is 11.7. The van der Waals surface area contributed by atoms with E-state index in [-0.39, 0.29) is 11.9 Å². The summed E-state index contributed by atoms with van der Waals surface area (Å²) in [5.74, 6) is 0.868. The molecule has 9 nitrogen and oxygen atoms in total. The molecule has 5 N–H and O–H groups in total. The van der Waals surface area contributed by atoms with Gasteiger partial charge in [-0.25, -0.2) is 14.8 Å². The van der Waals surface area contributed by atoms with E-state index in [2.05, 4.69) is 20.2 Å². The Hall–Kier alpha value is -2.94. The third-order valence-electron chi connectivity index (χ3n) is 4.96. The number of nitrogens with two attached hydrogens (primary N) is 2. The van der Waals surface area contributed by atoms with Crippen LogP contribution in [0.1, 0.15) is 19.7 Å². The molecule has 1 unspecified atom stereocenters. The van der Waals surface area contributed by atoms with Gasteiger partial charge in [-0.3, -0.25) is 9.69 Å². The molecule has 150 valence electrons. The van der Waals surface area contributed by atoms with E-state index >= 15 is 0 Å². The Bertz CT molecular complexity index is 862. The van der Waals surface area contributed by atoms with Crippen molar-refractivity contribution in [3.8, 4) is 0 Å². The van der Waals surface area contributed by atoms with Crippen molar-refractivity contribution in [1.82, 2.24) is 19.8 Å². The van der Waals surface area contributed by atoms with E-state index in [4.69, 9.17) is 11.5 Å². The molecule has 1 aromatic heterocycles. The summed E-state index contributed by atoms with van der Waals surface area (Å²) in [4.78, 5) is 36.3. The zero-order valence-electron chi connectivity index (χ0n) is 16.3. The van der Waals surface area contributed by atoms with Gasteiger partial charge in [0, 0.05) is 31.6 Å². The second-order valence-corrected chi connectivity index (χ2v) is 7.38. The van der Waals surface area contributed by atoms with E-state index in [0.717, 1.165) is 10.9 Å². The zero-order valence-corrected chi connectivity index (χ0v) is 16.3. The number of fused-ring (bicyclic) bond motifs is 1. The third kappa shape index (κ3) is 4.48. The van der Waals surface area contributed by atoms with Gasteiger partial charge in [-0.05, 0) is 18.1 Å². The zero-order chi connectivity index (χ0) is 20.3. The van der Waals surface area contributed by atoms with Crippen molar-refractivity contribution in [2.45, 2.75) is 26.4 Å². The number of rotatable bonds is 6. The number of nitrogens with one attached hydrogen (secondary N) is 1. The van der Waals surface area contributed by atoms with Crippen LogP contribution in [-0.2, 0) is 11.3 Å². The number of anilines is 1. The van der Waals surface area contributed by atoms with Crippen molar-refractivity contribution in [3.63, 3.8) is 0 Å². The van der Waals surface area contributed by atoms with Gasteiger partial charge in [0.25, 0.3) is 0 Å². The van der Waals surface area contributed by atoms with Crippen LogP contribution in [0.25, 0.3) is 10.9 Å². The summed E-state index contributed by atoms with van der Waals surface area (Å²) in [6.45, 7) is 7.01.